The molecule has 0 unspecified atom stereocenters. The molecular formula is C22H29F5U. The predicted octanol–water partition coefficient (Wildman–Crippen LogP) is 7.73. The average Bonchev–Trinajstić information content (AvgIpc) is 2.67. The molecule has 0 saturated heterocycles. The van der Waals surface area contributed by atoms with E-state index in [0.29, 0.717) is 0 Å². The summed E-state index contributed by atoms with van der Waals surface area (Å²) in [4.78, 5) is 0. The van der Waals surface area contributed by atoms with Crippen molar-refractivity contribution in [2.24, 2.45) is 23.7 Å². The zero-order valence-electron chi connectivity index (χ0n) is 16.4. The fourth-order valence-electron chi connectivity index (χ4n) is 4.59. The molecule has 0 atom stereocenters. The van der Waals surface area contributed by atoms with Gasteiger partial charge in [-0.15, -0.1) is 18.1 Å². The maximum Gasteiger partial charge on any atom is 2.00 e. The monoisotopic (exact) mass is 626 g/mol. The van der Waals surface area contributed by atoms with Crippen LogP contribution in [-0.4, -0.2) is 0 Å². The Morgan fingerprint density at radius 2 is 1.32 bits per heavy atom. The van der Waals surface area contributed by atoms with Crippen LogP contribution in [0.5, 0.6) is 0 Å². The molecule has 2 aliphatic carbocycles. The van der Waals surface area contributed by atoms with Crippen molar-refractivity contribution in [3.05, 3.63) is 42.1 Å². The summed E-state index contributed by atoms with van der Waals surface area (Å²) in [6.45, 7) is 2.27. The van der Waals surface area contributed by atoms with Gasteiger partial charge in [-0.1, -0.05) is 58.3 Å². The van der Waals surface area contributed by atoms with Gasteiger partial charge in [-0.25, -0.2) is 4.39 Å². The van der Waals surface area contributed by atoms with Crippen LogP contribution in [0.1, 0.15) is 71.1 Å². The first kappa shape index (κ1) is 26.0. The molecule has 2 saturated carbocycles. The van der Waals surface area contributed by atoms with Crippen LogP contribution in [0.15, 0.2) is 12.1 Å². The van der Waals surface area contributed by atoms with Crippen LogP contribution in [0, 0.1) is 84.7 Å². The molecule has 6 heteroatoms. The first-order valence-electron chi connectivity index (χ1n) is 10.1. The fraction of sp³-hybridized carbons (Fsp3) is 0.682. The predicted molar refractivity (Wildman–Crippen MR) is 96.4 cm³/mol. The van der Waals surface area contributed by atoms with Crippen LogP contribution < -0.4 is 0 Å². The van der Waals surface area contributed by atoms with Crippen LogP contribution in [0.25, 0.3) is 0 Å². The Labute approximate surface area is 189 Å². The minimum atomic E-state index is -1.45. The summed E-state index contributed by atoms with van der Waals surface area (Å²) in [5.74, 6) is -1.69. The zero-order valence-corrected chi connectivity index (χ0v) is 20.6. The molecule has 3 rings (SSSR count). The molecule has 1 aromatic carbocycles. The van der Waals surface area contributed by atoms with E-state index in [4.69, 9.17) is 0 Å². The van der Waals surface area contributed by atoms with Gasteiger partial charge in [-0.3, -0.25) is 8.78 Å². The molecule has 0 amide bonds. The molecule has 2 fully saturated rings. The van der Waals surface area contributed by atoms with E-state index < -0.39 is 23.9 Å². The molecule has 28 heavy (non-hydrogen) atoms. The quantitative estimate of drug-likeness (QED) is 0.182. The summed E-state index contributed by atoms with van der Waals surface area (Å²) in [5, 5.41) is 0. The second-order valence-electron chi connectivity index (χ2n) is 7.94. The van der Waals surface area contributed by atoms with Crippen LogP contribution in [0.4, 0.5) is 22.0 Å². The summed E-state index contributed by atoms with van der Waals surface area (Å²) in [5.41, 5.74) is 0. The summed E-state index contributed by atoms with van der Waals surface area (Å²) in [7, 11) is 0. The molecule has 0 aromatic heterocycles. The summed E-state index contributed by atoms with van der Waals surface area (Å²) in [6, 6.07) is 3.55. The molecule has 0 N–H and O–H groups in total. The van der Waals surface area contributed by atoms with Gasteiger partial charge in [0.1, 0.15) is 0 Å². The van der Waals surface area contributed by atoms with Gasteiger partial charge in [0.05, 0.1) is 5.82 Å². The third-order valence-corrected chi connectivity index (χ3v) is 6.17. The van der Waals surface area contributed by atoms with Gasteiger partial charge in [0.15, 0.2) is 0 Å². The van der Waals surface area contributed by atoms with Gasteiger partial charge >= 0.3 is 31.1 Å². The maximum absolute atomic E-state index is 12.5. The molecule has 0 spiro atoms. The molecule has 0 nitrogen and oxygen atoms in total. The van der Waals surface area contributed by atoms with Crippen molar-refractivity contribution in [2.45, 2.75) is 71.1 Å². The number of rotatable bonds is 4. The third kappa shape index (κ3) is 7.98. The van der Waals surface area contributed by atoms with E-state index in [1.807, 2.05) is 0 Å². The largest absolute Gasteiger partial charge is 2.00 e. The zero-order chi connectivity index (χ0) is 19.8. The smallest absolute Gasteiger partial charge is 0.421 e. The standard InChI is InChI=1S/C16H27F2.C6H2F3.U/c1-2-3-12-4-6-13(7-5-12)14-8-10-15(11-9-14)16(17)18;7-4-2-1-3-5(8)6(4)9;/h12-15H,2-11H2,1H3;2-3H;/q2*-1;+2. The Morgan fingerprint density at radius 3 is 1.71 bits per heavy atom. The summed E-state index contributed by atoms with van der Waals surface area (Å²) in [6.07, 6.45) is 10.5. The van der Waals surface area contributed by atoms with Gasteiger partial charge in [-0.2, -0.15) is 6.07 Å². The van der Waals surface area contributed by atoms with E-state index >= 15 is 0 Å². The molecule has 156 valence electrons. The SMILES string of the molecule is CCCC1CCC(C2CCC([C-](F)F)CC2)CC1.Fc1c[c-]cc(F)c1F.[U+2]. The van der Waals surface area contributed by atoms with Crippen molar-refractivity contribution in [3.63, 3.8) is 0 Å². The number of hydrogen-bond donors (Lipinski definition) is 0. The van der Waals surface area contributed by atoms with E-state index in [-0.39, 0.29) is 37.0 Å². The van der Waals surface area contributed by atoms with Crippen LogP contribution in [-0.2, 0) is 0 Å². The molecule has 1 aromatic rings. The normalized spacial score (nSPS) is 27.5. The van der Waals surface area contributed by atoms with E-state index in [1.54, 1.807) is 0 Å². The maximum atomic E-state index is 12.5. The van der Waals surface area contributed by atoms with E-state index in [2.05, 4.69) is 13.0 Å². The minimum Gasteiger partial charge on any atom is -0.421 e. The first-order chi connectivity index (χ1) is 12.9. The van der Waals surface area contributed by atoms with Gasteiger partial charge in [0.25, 0.3) is 0 Å². The Bertz CT molecular complexity index is 530. The number of halogens is 5. The van der Waals surface area contributed by atoms with Gasteiger partial charge < -0.3 is 8.78 Å². The fourth-order valence-corrected chi connectivity index (χ4v) is 4.59. The molecule has 2 aliphatic rings. The number of hydrogen-bond acceptors (Lipinski definition) is 0. The number of benzene rings is 1. The minimum absolute atomic E-state index is 0. The Hall–Kier alpha value is -0.0781. The molecule has 0 heterocycles. The molecule has 0 bridgehead atoms. The van der Waals surface area contributed by atoms with Gasteiger partial charge in [0, 0.05) is 18.1 Å². The average molecular weight is 626 g/mol. The molecule has 0 radical (unpaired) electrons. The second-order valence-corrected chi connectivity index (χ2v) is 7.94. The Morgan fingerprint density at radius 1 is 0.857 bits per heavy atom. The van der Waals surface area contributed by atoms with Crippen molar-refractivity contribution in [3.8, 4) is 0 Å². The van der Waals surface area contributed by atoms with Crippen molar-refractivity contribution in [2.75, 3.05) is 0 Å². The van der Waals surface area contributed by atoms with E-state index in [1.165, 1.54) is 38.5 Å². The Kier molecular flexibility index (Phi) is 12.3. The molecule has 0 aliphatic heterocycles. The van der Waals surface area contributed by atoms with E-state index in [9.17, 15) is 22.0 Å². The van der Waals surface area contributed by atoms with E-state index in [0.717, 1.165) is 55.6 Å². The topological polar surface area (TPSA) is 0 Å². The van der Waals surface area contributed by atoms with Gasteiger partial charge in [-0.05, 0) is 30.6 Å². The first-order valence-corrected chi connectivity index (χ1v) is 10.1. The van der Waals surface area contributed by atoms with Crippen LogP contribution >= 0.6 is 0 Å². The summed E-state index contributed by atoms with van der Waals surface area (Å²) < 4.78 is 60.9. The van der Waals surface area contributed by atoms with Gasteiger partial charge in [0.2, 0.25) is 0 Å². The molecular weight excluding hydrogens is 597 g/mol. The summed E-state index contributed by atoms with van der Waals surface area (Å²) >= 11 is 0. The van der Waals surface area contributed by atoms with Crippen molar-refractivity contribution in [1.82, 2.24) is 0 Å². The second kappa shape index (κ2) is 13.3. The van der Waals surface area contributed by atoms with Crippen molar-refractivity contribution in [1.29, 1.82) is 0 Å². The van der Waals surface area contributed by atoms with Crippen LogP contribution in [0.2, 0.25) is 0 Å². The Balaban J connectivity index is 0.000000332. The van der Waals surface area contributed by atoms with Crippen molar-refractivity contribution >= 4 is 0 Å². The third-order valence-electron chi connectivity index (χ3n) is 6.17. The van der Waals surface area contributed by atoms with Crippen molar-refractivity contribution < 1.29 is 53.1 Å². The van der Waals surface area contributed by atoms with Crippen LogP contribution in [0.3, 0.4) is 0 Å².